The largest absolute Gasteiger partial charge is 0.444 e. The normalized spacial score (nSPS) is 13.4. The van der Waals surface area contributed by atoms with Gasteiger partial charge >= 0.3 is 0 Å². The van der Waals surface area contributed by atoms with Crippen LogP contribution < -0.4 is 10.6 Å². The molecule has 2 N–H and O–H groups in total. The van der Waals surface area contributed by atoms with Gasteiger partial charge in [0.05, 0.1) is 12.2 Å². The Morgan fingerprint density at radius 3 is 3.05 bits per heavy atom. The second kappa shape index (κ2) is 5.60. The van der Waals surface area contributed by atoms with Crippen LogP contribution in [0.1, 0.15) is 39.7 Å². The number of anilines is 1. The molecule has 2 aromatic rings. The van der Waals surface area contributed by atoms with Crippen molar-refractivity contribution < 1.29 is 9.21 Å². The molecule has 5 heteroatoms. The minimum Gasteiger partial charge on any atom is -0.444 e. The molecule has 3 rings (SSSR count). The van der Waals surface area contributed by atoms with Crippen LogP contribution in [0.25, 0.3) is 0 Å². The fourth-order valence-electron chi connectivity index (χ4n) is 2.49. The van der Waals surface area contributed by atoms with Gasteiger partial charge in [-0.15, -0.1) is 0 Å². The van der Waals surface area contributed by atoms with Crippen molar-refractivity contribution >= 4 is 11.6 Å². The maximum Gasteiger partial charge on any atom is 0.251 e. The fourth-order valence-corrected chi connectivity index (χ4v) is 2.49. The van der Waals surface area contributed by atoms with Gasteiger partial charge in [0.2, 0.25) is 5.89 Å². The Bertz CT molecular complexity index is 657. The molecule has 0 spiro atoms. The zero-order valence-corrected chi connectivity index (χ0v) is 12.3. The highest BCUT2D eigenvalue weighted by Crippen LogP contribution is 2.22. The van der Waals surface area contributed by atoms with Crippen LogP contribution in [-0.2, 0) is 13.0 Å². The highest BCUT2D eigenvalue weighted by Gasteiger charge is 2.13. The quantitative estimate of drug-likeness (QED) is 0.909. The van der Waals surface area contributed by atoms with Gasteiger partial charge in [-0.3, -0.25) is 4.79 Å². The van der Waals surface area contributed by atoms with E-state index in [2.05, 4.69) is 15.6 Å². The number of oxazole rings is 1. The lowest BCUT2D eigenvalue weighted by Crippen LogP contribution is -2.23. The number of aryl methyl sites for hydroxylation is 3. The van der Waals surface area contributed by atoms with E-state index < -0.39 is 0 Å². The SMILES string of the molecule is Cc1nc(CNC(=O)c2ccc3c(c2)CCCN3)oc1C. The average molecular weight is 285 g/mol. The molecular formula is C16H19N3O2. The minimum atomic E-state index is -0.100. The molecule has 1 amide bonds. The number of hydrogen-bond acceptors (Lipinski definition) is 4. The zero-order valence-electron chi connectivity index (χ0n) is 12.3. The summed E-state index contributed by atoms with van der Waals surface area (Å²) in [6.07, 6.45) is 2.12. The van der Waals surface area contributed by atoms with E-state index in [0.29, 0.717) is 18.0 Å². The number of benzene rings is 1. The number of rotatable bonds is 3. The van der Waals surface area contributed by atoms with Gasteiger partial charge in [0, 0.05) is 17.8 Å². The molecule has 0 saturated carbocycles. The molecule has 1 aromatic heterocycles. The van der Waals surface area contributed by atoms with Crippen molar-refractivity contribution in [1.29, 1.82) is 0 Å². The molecule has 2 heterocycles. The van der Waals surface area contributed by atoms with Gasteiger partial charge in [-0.2, -0.15) is 0 Å². The maximum atomic E-state index is 12.2. The predicted octanol–water partition coefficient (Wildman–Crippen LogP) is 2.58. The maximum absolute atomic E-state index is 12.2. The van der Waals surface area contributed by atoms with Crippen molar-refractivity contribution in [3.8, 4) is 0 Å². The Morgan fingerprint density at radius 1 is 1.43 bits per heavy atom. The molecule has 110 valence electrons. The Kier molecular flexibility index (Phi) is 3.64. The van der Waals surface area contributed by atoms with Gasteiger partial charge in [-0.25, -0.2) is 4.98 Å². The van der Waals surface area contributed by atoms with Gasteiger partial charge in [0.15, 0.2) is 0 Å². The third-order valence-corrected chi connectivity index (χ3v) is 3.78. The second-order valence-electron chi connectivity index (χ2n) is 5.33. The summed E-state index contributed by atoms with van der Waals surface area (Å²) >= 11 is 0. The number of fused-ring (bicyclic) bond motifs is 1. The number of carbonyl (C=O) groups is 1. The van der Waals surface area contributed by atoms with Gasteiger partial charge in [0.25, 0.3) is 5.91 Å². The monoisotopic (exact) mass is 285 g/mol. The van der Waals surface area contributed by atoms with Gasteiger partial charge in [-0.05, 0) is 50.5 Å². The summed E-state index contributed by atoms with van der Waals surface area (Å²) < 4.78 is 5.46. The van der Waals surface area contributed by atoms with Crippen molar-refractivity contribution in [2.45, 2.75) is 33.2 Å². The molecule has 5 nitrogen and oxygen atoms in total. The van der Waals surface area contributed by atoms with Gasteiger partial charge < -0.3 is 15.1 Å². The topological polar surface area (TPSA) is 67.2 Å². The van der Waals surface area contributed by atoms with Crippen LogP contribution in [0.3, 0.4) is 0 Å². The predicted molar refractivity (Wildman–Crippen MR) is 80.4 cm³/mol. The highest BCUT2D eigenvalue weighted by atomic mass is 16.4. The first-order valence-corrected chi connectivity index (χ1v) is 7.21. The number of hydrogen-bond donors (Lipinski definition) is 2. The van der Waals surface area contributed by atoms with E-state index >= 15 is 0 Å². The van der Waals surface area contributed by atoms with Crippen molar-refractivity contribution in [1.82, 2.24) is 10.3 Å². The first-order valence-electron chi connectivity index (χ1n) is 7.21. The standard InChI is InChI=1S/C16H19N3O2/c1-10-11(2)21-15(19-10)9-18-16(20)13-5-6-14-12(8-13)4-3-7-17-14/h5-6,8,17H,3-4,7,9H2,1-2H3,(H,18,20). The van der Waals surface area contributed by atoms with Crippen LogP contribution in [0.5, 0.6) is 0 Å². The smallest absolute Gasteiger partial charge is 0.251 e. The van der Waals surface area contributed by atoms with Crippen molar-refractivity contribution in [2.75, 3.05) is 11.9 Å². The van der Waals surface area contributed by atoms with Crippen LogP contribution in [0, 0.1) is 13.8 Å². The molecule has 0 fully saturated rings. The van der Waals surface area contributed by atoms with E-state index in [-0.39, 0.29) is 5.91 Å². The Balaban J connectivity index is 1.67. The molecule has 1 aromatic carbocycles. The minimum absolute atomic E-state index is 0.100. The van der Waals surface area contributed by atoms with E-state index in [4.69, 9.17) is 4.42 Å². The summed E-state index contributed by atoms with van der Waals surface area (Å²) in [7, 11) is 0. The molecule has 0 bridgehead atoms. The molecule has 0 unspecified atom stereocenters. The first kappa shape index (κ1) is 13.7. The molecule has 21 heavy (non-hydrogen) atoms. The van der Waals surface area contributed by atoms with Crippen molar-refractivity contribution in [3.05, 3.63) is 46.7 Å². The fraction of sp³-hybridized carbons (Fsp3) is 0.375. The lowest BCUT2D eigenvalue weighted by Gasteiger charge is -2.18. The summed E-state index contributed by atoms with van der Waals surface area (Å²) in [6.45, 7) is 5.06. The Hall–Kier alpha value is -2.30. The lowest BCUT2D eigenvalue weighted by atomic mass is 10.0. The second-order valence-corrected chi connectivity index (χ2v) is 5.33. The van der Waals surface area contributed by atoms with Crippen LogP contribution in [0.2, 0.25) is 0 Å². The Labute approximate surface area is 123 Å². The van der Waals surface area contributed by atoms with Gasteiger partial charge in [0.1, 0.15) is 5.76 Å². The van der Waals surface area contributed by atoms with E-state index in [1.165, 1.54) is 5.56 Å². The average Bonchev–Trinajstić information content (AvgIpc) is 2.83. The number of nitrogens with one attached hydrogen (secondary N) is 2. The number of aromatic nitrogens is 1. The van der Waals surface area contributed by atoms with Crippen molar-refractivity contribution in [2.24, 2.45) is 0 Å². The molecule has 0 aliphatic carbocycles. The number of carbonyl (C=O) groups excluding carboxylic acids is 1. The van der Waals surface area contributed by atoms with E-state index in [1.54, 1.807) is 0 Å². The number of nitrogens with zero attached hydrogens (tertiary/aromatic N) is 1. The molecule has 1 aliphatic rings. The summed E-state index contributed by atoms with van der Waals surface area (Å²) in [5.41, 5.74) is 3.88. The summed E-state index contributed by atoms with van der Waals surface area (Å²) in [5, 5.41) is 6.19. The zero-order chi connectivity index (χ0) is 14.8. The first-order chi connectivity index (χ1) is 10.1. The molecule has 0 atom stereocenters. The summed E-state index contributed by atoms with van der Waals surface area (Å²) in [4.78, 5) is 16.4. The van der Waals surface area contributed by atoms with Crippen LogP contribution in [0.4, 0.5) is 5.69 Å². The molecular weight excluding hydrogens is 266 g/mol. The van der Waals surface area contributed by atoms with E-state index in [9.17, 15) is 4.79 Å². The summed E-state index contributed by atoms with van der Waals surface area (Å²) in [5.74, 6) is 1.23. The van der Waals surface area contributed by atoms with Crippen molar-refractivity contribution in [3.63, 3.8) is 0 Å². The van der Waals surface area contributed by atoms with Crippen LogP contribution in [0.15, 0.2) is 22.6 Å². The lowest BCUT2D eigenvalue weighted by molar-refractivity contribution is 0.0947. The third kappa shape index (κ3) is 2.91. The molecule has 0 radical (unpaired) electrons. The van der Waals surface area contributed by atoms with E-state index in [1.807, 2.05) is 32.0 Å². The van der Waals surface area contributed by atoms with Crippen LogP contribution in [-0.4, -0.2) is 17.4 Å². The molecule has 0 saturated heterocycles. The molecule has 1 aliphatic heterocycles. The van der Waals surface area contributed by atoms with E-state index in [0.717, 1.165) is 36.5 Å². The van der Waals surface area contributed by atoms with Crippen LogP contribution >= 0.6 is 0 Å². The number of amides is 1. The highest BCUT2D eigenvalue weighted by molar-refractivity contribution is 5.94. The third-order valence-electron chi connectivity index (χ3n) is 3.78. The summed E-state index contributed by atoms with van der Waals surface area (Å²) in [6, 6.07) is 5.78. The van der Waals surface area contributed by atoms with Gasteiger partial charge in [-0.1, -0.05) is 0 Å². The Morgan fingerprint density at radius 2 is 2.29 bits per heavy atom.